The number of ether oxygens (including phenoxy) is 7. The molecule has 0 N–H and O–H groups in total. The second-order valence-corrected chi connectivity index (χ2v) is 14.0. The summed E-state index contributed by atoms with van der Waals surface area (Å²) in [6.45, 7) is -2.58. The van der Waals surface area contributed by atoms with Gasteiger partial charge in [-0.2, -0.15) is 75.8 Å². The lowest BCUT2D eigenvalue weighted by Gasteiger charge is -2.42. The van der Waals surface area contributed by atoms with E-state index in [0.717, 1.165) is 0 Å². The van der Waals surface area contributed by atoms with Crippen molar-refractivity contribution in [3.05, 3.63) is 0 Å². The predicted octanol–water partition coefficient (Wildman–Crippen LogP) is 4.00. The molecule has 0 aliphatic heterocycles. The molecule has 0 heterocycles. The molecule has 13 nitrogen and oxygen atoms in total. The van der Waals surface area contributed by atoms with Crippen LogP contribution in [0.25, 0.3) is 0 Å². The van der Waals surface area contributed by atoms with E-state index in [1.54, 1.807) is 0 Å². The van der Waals surface area contributed by atoms with E-state index in [1.807, 2.05) is 0 Å². The molecule has 0 saturated heterocycles. The molecular formula is C32H54O13S6. The smallest absolute Gasteiger partial charge is 0.306 e. The number of carbonyl (C=O) groups excluding carboxylic acids is 6. The summed E-state index contributed by atoms with van der Waals surface area (Å²) in [7, 11) is 0. The Morgan fingerprint density at radius 3 is 0.843 bits per heavy atom. The van der Waals surface area contributed by atoms with Gasteiger partial charge < -0.3 is 33.2 Å². The fraction of sp³-hybridized carbons (Fsp3) is 0.812. The van der Waals surface area contributed by atoms with Gasteiger partial charge in [0.2, 0.25) is 0 Å². The van der Waals surface area contributed by atoms with Gasteiger partial charge in [0.25, 0.3) is 0 Å². The van der Waals surface area contributed by atoms with E-state index < -0.39 is 73.4 Å². The van der Waals surface area contributed by atoms with Crippen LogP contribution in [0.2, 0.25) is 0 Å². The van der Waals surface area contributed by atoms with Gasteiger partial charge >= 0.3 is 35.8 Å². The van der Waals surface area contributed by atoms with Crippen LogP contribution in [-0.2, 0) is 61.9 Å². The Kier molecular flexibility index (Phi) is 30.6. The highest BCUT2D eigenvalue weighted by Gasteiger charge is 2.46. The first-order valence-corrected chi connectivity index (χ1v) is 20.5. The van der Waals surface area contributed by atoms with E-state index in [4.69, 9.17) is 33.2 Å². The molecule has 296 valence electrons. The minimum Gasteiger partial charge on any atom is -0.466 e. The van der Waals surface area contributed by atoms with Crippen molar-refractivity contribution in [3.63, 3.8) is 0 Å². The van der Waals surface area contributed by atoms with Crippen LogP contribution in [0.1, 0.15) is 77.0 Å². The average Bonchev–Trinajstić information content (AvgIpc) is 3.11. The van der Waals surface area contributed by atoms with Crippen molar-refractivity contribution >= 4 is 112 Å². The molecule has 0 amide bonds. The molecule has 0 rings (SSSR count). The SMILES string of the molecule is O=C(CCS)OCCC(COC(=O)CCCS)(COC(=O)CCCS)OC(CCOC(=O)CCS)(COC(=O)CCCS)COC(=O)CCCS. The van der Waals surface area contributed by atoms with Crippen molar-refractivity contribution in [2.24, 2.45) is 0 Å². The van der Waals surface area contributed by atoms with Gasteiger partial charge in [-0.25, -0.2) is 0 Å². The highest BCUT2D eigenvalue weighted by molar-refractivity contribution is 7.81. The summed E-state index contributed by atoms with van der Waals surface area (Å²) in [5.41, 5.74) is -3.50. The lowest BCUT2D eigenvalue weighted by Crippen LogP contribution is -2.56. The zero-order valence-corrected chi connectivity index (χ0v) is 34.3. The van der Waals surface area contributed by atoms with Crippen molar-refractivity contribution < 1.29 is 61.9 Å². The number of rotatable bonds is 32. The maximum atomic E-state index is 12.8. The summed E-state index contributed by atoms with van der Waals surface area (Å²) < 4.78 is 40.0. The summed E-state index contributed by atoms with van der Waals surface area (Å²) in [5.74, 6) is -1.37. The average molecular weight is 839 g/mol. The van der Waals surface area contributed by atoms with Crippen LogP contribution in [0, 0.1) is 0 Å². The zero-order valence-electron chi connectivity index (χ0n) is 29.0. The van der Waals surface area contributed by atoms with E-state index in [0.29, 0.717) is 48.7 Å². The number of hydrogen-bond acceptors (Lipinski definition) is 19. The summed E-state index contributed by atoms with van der Waals surface area (Å²) >= 11 is 24.7. The Labute approximate surface area is 334 Å². The van der Waals surface area contributed by atoms with Crippen molar-refractivity contribution in [1.82, 2.24) is 0 Å². The molecule has 51 heavy (non-hydrogen) atoms. The van der Waals surface area contributed by atoms with Crippen LogP contribution in [0.3, 0.4) is 0 Å². The molecule has 0 unspecified atom stereocenters. The third kappa shape index (κ3) is 25.5. The molecule has 0 aromatic rings. The highest BCUT2D eigenvalue weighted by atomic mass is 32.1. The molecule has 0 bridgehead atoms. The highest BCUT2D eigenvalue weighted by Crippen LogP contribution is 2.31. The van der Waals surface area contributed by atoms with Crippen LogP contribution in [0.4, 0.5) is 0 Å². The Bertz CT molecular complexity index is 908. The van der Waals surface area contributed by atoms with Crippen molar-refractivity contribution in [3.8, 4) is 0 Å². The molecule has 0 aliphatic carbocycles. The topological polar surface area (TPSA) is 167 Å². The minimum atomic E-state index is -1.75. The molecule has 0 aromatic heterocycles. The van der Waals surface area contributed by atoms with Crippen LogP contribution >= 0.6 is 75.8 Å². The van der Waals surface area contributed by atoms with Gasteiger partial charge in [-0.05, 0) is 48.7 Å². The summed E-state index contributed by atoms with van der Waals surface area (Å²) in [5, 5.41) is 0. The Morgan fingerprint density at radius 1 is 0.353 bits per heavy atom. The van der Waals surface area contributed by atoms with E-state index >= 15 is 0 Å². The van der Waals surface area contributed by atoms with Gasteiger partial charge in [0.1, 0.15) is 37.6 Å². The largest absolute Gasteiger partial charge is 0.466 e. The van der Waals surface area contributed by atoms with Crippen molar-refractivity contribution in [2.75, 3.05) is 74.2 Å². The maximum Gasteiger partial charge on any atom is 0.306 e. The molecule has 0 fully saturated rings. The molecule has 0 atom stereocenters. The van der Waals surface area contributed by atoms with E-state index in [2.05, 4.69) is 75.8 Å². The quantitative estimate of drug-likeness (QED) is 0.0328. The lowest BCUT2D eigenvalue weighted by atomic mass is 9.95. The lowest BCUT2D eigenvalue weighted by molar-refractivity contribution is -0.242. The second-order valence-electron chi connectivity index (χ2n) is 11.3. The van der Waals surface area contributed by atoms with Gasteiger partial charge in [-0.1, -0.05) is 0 Å². The van der Waals surface area contributed by atoms with Crippen LogP contribution in [0.5, 0.6) is 0 Å². The molecular weight excluding hydrogens is 785 g/mol. The van der Waals surface area contributed by atoms with Crippen LogP contribution < -0.4 is 0 Å². The van der Waals surface area contributed by atoms with Gasteiger partial charge in [0.15, 0.2) is 0 Å². The van der Waals surface area contributed by atoms with E-state index in [-0.39, 0.29) is 76.1 Å². The van der Waals surface area contributed by atoms with Gasteiger partial charge in [-0.15, -0.1) is 0 Å². The molecule has 0 saturated carbocycles. The Balaban J connectivity index is 7.04. The normalized spacial score (nSPS) is 11.4. The van der Waals surface area contributed by atoms with Crippen molar-refractivity contribution in [2.45, 2.75) is 88.3 Å². The van der Waals surface area contributed by atoms with Gasteiger partial charge in [-0.3, -0.25) is 28.8 Å². The summed E-state index contributed by atoms with van der Waals surface area (Å²) in [6.07, 6.45) is 1.42. The fourth-order valence-corrected chi connectivity index (χ4v) is 5.11. The van der Waals surface area contributed by atoms with Crippen LogP contribution in [0.15, 0.2) is 0 Å². The maximum absolute atomic E-state index is 12.8. The van der Waals surface area contributed by atoms with Crippen molar-refractivity contribution in [1.29, 1.82) is 0 Å². The van der Waals surface area contributed by atoms with Crippen LogP contribution in [-0.4, -0.2) is 121 Å². The summed E-state index contributed by atoms with van der Waals surface area (Å²) in [6, 6.07) is 0. The molecule has 0 spiro atoms. The first kappa shape index (κ1) is 49.9. The molecule has 0 aromatic carbocycles. The minimum absolute atomic E-state index is 0.0143. The number of hydrogen-bond donors (Lipinski definition) is 6. The Morgan fingerprint density at radius 2 is 0.608 bits per heavy atom. The number of thiol groups is 6. The Hall–Kier alpha value is -1.12. The third-order valence-electron chi connectivity index (χ3n) is 6.85. The number of esters is 6. The fourth-order valence-electron chi connectivity index (χ4n) is 4.11. The van der Waals surface area contributed by atoms with Gasteiger partial charge in [0, 0.05) is 50.0 Å². The summed E-state index contributed by atoms with van der Waals surface area (Å²) in [4.78, 5) is 75.6. The zero-order chi connectivity index (χ0) is 38.4. The molecule has 19 heteroatoms. The molecule has 0 radical (unpaired) electrons. The standard InChI is InChI=1S/C32H54O13S6/c33-25(5-1-15-46)41-21-31(11-13-39-29(37)9-19-50,22-42-26(34)6-2-16-47)45-32(12-14-40-30(38)10-20-51,23-43-27(35)7-3-17-48)24-44-28(36)8-4-18-49/h46-51H,1-24H2. The first-order chi connectivity index (χ1) is 24.4. The second kappa shape index (κ2) is 31.3. The van der Waals surface area contributed by atoms with E-state index in [1.165, 1.54) is 0 Å². The number of carbonyl (C=O) groups is 6. The first-order valence-electron chi connectivity index (χ1n) is 16.7. The monoisotopic (exact) mass is 838 g/mol. The van der Waals surface area contributed by atoms with Gasteiger partial charge in [0.05, 0.1) is 26.1 Å². The predicted molar refractivity (Wildman–Crippen MR) is 211 cm³/mol. The van der Waals surface area contributed by atoms with E-state index in [9.17, 15) is 28.8 Å². The third-order valence-corrected chi connectivity index (χ3v) is 8.56. The molecule has 0 aliphatic rings.